The lowest BCUT2D eigenvalue weighted by molar-refractivity contribution is 0.0939. The van der Waals surface area contributed by atoms with E-state index >= 15 is 0 Å². The van der Waals surface area contributed by atoms with Gasteiger partial charge in [-0.05, 0) is 67.5 Å². The molecular formula is C28H36ClN4O4. The summed E-state index contributed by atoms with van der Waals surface area (Å²) in [5, 5.41) is 17.0. The molecule has 4 rings (SSSR count). The van der Waals surface area contributed by atoms with Gasteiger partial charge >= 0.3 is 6.03 Å². The summed E-state index contributed by atoms with van der Waals surface area (Å²) < 4.78 is 0. The number of phenols is 1. The van der Waals surface area contributed by atoms with Crippen molar-refractivity contribution >= 4 is 30.1 Å². The van der Waals surface area contributed by atoms with Crippen molar-refractivity contribution in [3.05, 3.63) is 71.1 Å². The van der Waals surface area contributed by atoms with Crippen LogP contribution >= 0.6 is 12.4 Å². The molecule has 2 aromatic rings. The number of likely N-dealkylation sites (tertiary alicyclic amines) is 1. The molecule has 2 aliphatic rings. The summed E-state index contributed by atoms with van der Waals surface area (Å²) in [6.45, 7) is 6.30. The molecule has 1 radical (unpaired) electrons. The molecule has 0 aliphatic carbocycles. The number of benzene rings is 2. The van der Waals surface area contributed by atoms with Gasteiger partial charge in [0.25, 0.3) is 5.91 Å². The predicted octanol–water partition coefficient (Wildman–Crippen LogP) is 3.97. The maximum Gasteiger partial charge on any atom is 0.314 e. The van der Waals surface area contributed by atoms with Gasteiger partial charge in [-0.1, -0.05) is 32.0 Å². The fourth-order valence-corrected chi connectivity index (χ4v) is 5.17. The third kappa shape index (κ3) is 6.62. The summed E-state index contributed by atoms with van der Waals surface area (Å²) in [6.07, 6.45) is 5.53. The van der Waals surface area contributed by atoms with Crippen LogP contribution in [0.4, 0.5) is 4.79 Å². The van der Waals surface area contributed by atoms with Crippen LogP contribution in [0.5, 0.6) is 5.75 Å². The number of primary amides is 1. The first kappa shape index (κ1) is 28.5. The number of urea groups is 1. The molecular weight excluding hydrogens is 492 g/mol. The largest absolute Gasteiger partial charge is 0.507 e. The van der Waals surface area contributed by atoms with Gasteiger partial charge in [0, 0.05) is 42.7 Å². The maximum atomic E-state index is 13.3. The topological polar surface area (TPSA) is 125 Å². The lowest BCUT2D eigenvalue weighted by Crippen LogP contribution is -2.39. The molecule has 0 aromatic heterocycles. The van der Waals surface area contributed by atoms with Gasteiger partial charge in [-0.2, -0.15) is 0 Å². The number of hydrogen-bond donors (Lipinski definition) is 4. The van der Waals surface area contributed by atoms with Gasteiger partial charge in [-0.3, -0.25) is 9.59 Å². The Labute approximate surface area is 224 Å². The smallest absolute Gasteiger partial charge is 0.314 e. The number of carbonyl (C=O) groups is 3. The van der Waals surface area contributed by atoms with E-state index in [1.54, 1.807) is 41.3 Å². The number of aromatic hydroxyl groups is 1. The van der Waals surface area contributed by atoms with E-state index in [9.17, 15) is 19.5 Å². The number of nitrogens with two attached hydrogens (primary N) is 1. The summed E-state index contributed by atoms with van der Waals surface area (Å²) in [6, 6.07) is 11.1. The van der Waals surface area contributed by atoms with Crippen molar-refractivity contribution in [2.75, 3.05) is 19.6 Å². The van der Waals surface area contributed by atoms with Crippen molar-refractivity contribution in [3.8, 4) is 5.75 Å². The zero-order valence-corrected chi connectivity index (χ0v) is 22.1. The van der Waals surface area contributed by atoms with E-state index in [0.29, 0.717) is 30.6 Å². The molecule has 199 valence electrons. The number of halogens is 1. The summed E-state index contributed by atoms with van der Waals surface area (Å²) in [4.78, 5) is 38.9. The van der Waals surface area contributed by atoms with Crippen molar-refractivity contribution < 1.29 is 19.5 Å². The van der Waals surface area contributed by atoms with E-state index in [1.807, 2.05) is 12.5 Å². The highest BCUT2D eigenvalue weighted by molar-refractivity contribution is 6.11. The van der Waals surface area contributed by atoms with Crippen LogP contribution in [0.25, 0.3) is 0 Å². The van der Waals surface area contributed by atoms with Crippen LogP contribution in [0.15, 0.2) is 42.5 Å². The second-order valence-corrected chi connectivity index (χ2v) is 10.4. The van der Waals surface area contributed by atoms with Crippen LogP contribution in [0.2, 0.25) is 0 Å². The second-order valence-electron chi connectivity index (χ2n) is 10.4. The first-order valence-corrected chi connectivity index (χ1v) is 12.6. The number of nitrogens with zero attached hydrogens (tertiary/aromatic N) is 1. The highest BCUT2D eigenvalue weighted by Crippen LogP contribution is 2.41. The molecule has 3 amide bonds. The van der Waals surface area contributed by atoms with Crippen molar-refractivity contribution in [1.29, 1.82) is 0 Å². The lowest BCUT2D eigenvalue weighted by atomic mass is 9.74. The minimum absolute atomic E-state index is 0. The predicted molar refractivity (Wildman–Crippen MR) is 145 cm³/mol. The van der Waals surface area contributed by atoms with Crippen molar-refractivity contribution in [2.45, 2.75) is 51.6 Å². The van der Waals surface area contributed by atoms with E-state index in [1.165, 1.54) is 0 Å². The summed E-state index contributed by atoms with van der Waals surface area (Å²) >= 11 is 0. The van der Waals surface area contributed by atoms with Gasteiger partial charge < -0.3 is 26.4 Å². The molecule has 0 saturated carbocycles. The molecule has 2 saturated heterocycles. The second kappa shape index (κ2) is 12.0. The number of amides is 3. The Bertz CT molecular complexity index is 1140. The van der Waals surface area contributed by atoms with Crippen molar-refractivity contribution in [1.82, 2.24) is 15.5 Å². The van der Waals surface area contributed by atoms with Gasteiger partial charge in [0.15, 0.2) is 5.78 Å². The fraction of sp³-hybridized carbons (Fsp3) is 0.429. The molecule has 2 heterocycles. The van der Waals surface area contributed by atoms with Crippen LogP contribution in [0.1, 0.15) is 77.4 Å². The van der Waals surface area contributed by atoms with Crippen LogP contribution in [0.3, 0.4) is 0 Å². The molecule has 37 heavy (non-hydrogen) atoms. The number of piperidine rings is 1. The Kier molecular flexibility index (Phi) is 9.21. The lowest BCUT2D eigenvalue weighted by Gasteiger charge is -2.40. The highest BCUT2D eigenvalue weighted by atomic mass is 35.5. The summed E-state index contributed by atoms with van der Waals surface area (Å²) in [5.41, 5.74) is 7.45. The Morgan fingerprint density at radius 1 is 1.08 bits per heavy atom. The third-order valence-electron chi connectivity index (χ3n) is 7.32. The Morgan fingerprint density at radius 2 is 1.78 bits per heavy atom. The third-order valence-corrected chi connectivity index (χ3v) is 7.32. The monoisotopic (exact) mass is 527 g/mol. The Morgan fingerprint density at radius 3 is 2.46 bits per heavy atom. The zero-order valence-electron chi connectivity index (χ0n) is 21.3. The molecule has 0 bridgehead atoms. The molecule has 8 nitrogen and oxygen atoms in total. The average molecular weight is 528 g/mol. The number of ketones is 1. The van der Waals surface area contributed by atoms with Crippen LogP contribution < -0.4 is 16.4 Å². The van der Waals surface area contributed by atoms with Crippen LogP contribution in [-0.2, 0) is 0 Å². The summed E-state index contributed by atoms with van der Waals surface area (Å²) in [7, 11) is 0. The number of hydrogen-bond acceptors (Lipinski definition) is 5. The number of rotatable bonds is 5. The maximum absolute atomic E-state index is 13.3. The first-order chi connectivity index (χ1) is 17.2. The van der Waals surface area contributed by atoms with Crippen molar-refractivity contribution in [2.24, 2.45) is 11.1 Å². The normalized spacial score (nSPS) is 21.3. The summed E-state index contributed by atoms with van der Waals surface area (Å²) in [5.74, 6) is -0.607. The molecule has 2 atom stereocenters. The van der Waals surface area contributed by atoms with Crippen LogP contribution in [-0.4, -0.2) is 53.4 Å². The van der Waals surface area contributed by atoms with Gasteiger partial charge in [0.1, 0.15) is 5.75 Å². The molecule has 2 fully saturated rings. The Balaban J connectivity index is 0.00000380. The first-order valence-electron chi connectivity index (χ1n) is 12.6. The Hall–Kier alpha value is -3.10. The minimum atomic E-state index is -0.464. The highest BCUT2D eigenvalue weighted by Gasteiger charge is 2.33. The number of phenolic OH excluding ortho intramolecular Hbond substituents is 1. The quantitative estimate of drug-likeness (QED) is 0.438. The molecule has 0 spiro atoms. The minimum Gasteiger partial charge on any atom is -0.507 e. The van der Waals surface area contributed by atoms with E-state index in [2.05, 4.69) is 24.5 Å². The number of carbonyl (C=O) groups excluding carboxylic acids is 3. The standard InChI is InChI=1S/C28H35N4O4.ClH/c1-28(2)13-4-14-30-25(28)20-10-11-23(33)22(17-20)24(34)18-6-8-19(9-7-18)26(35)31-21-5-3-15-32(16-12-21)27(29)36;/h6-12,17,21,25,30,33H,3-5,13-16H2,1-2H3,(H2,29,36)(H,31,35);1H/t21-,25?;/m0./s1. The van der Waals surface area contributed by atoms with Gasteiger partial charge in [-0.25, -0.2) is 4.79 Å². The molecule has 2 aliphatic heterocycles. The number of nitrogens with one attached hydrogen (secondary N) is 2. The molecule has 2 aromatic carbocycles. The van der Waals surface area contributed by atoms with E-state index in [-0.39, 0.29) is 52.9 Å². The van der Waals surface area contributed by atoms with Gasteiger partial charge in [-0.15, -0.1) is 12.4 Å². The zero-order chi connectivity index (χ0) is 25.9. The fourth-order valence-electron chi connectivity index (χ4n) is 5.17. The van der Waals surface area contributed by atoms with Gasteiger partial charge in [0.05, 0.1) is 5.56 Å². The van der Waals surface area contributed by atoms with E-state index in [4.69, 9.17) is 5.73 Å². The van der Waals surface area contributed by atoms with E-state index in [0.717, 1.165) is 31.4 Å². The van der Waals surface area contributed by atoms with Crippen LogP contribution in [0, 0.1) is 11.8 Å². The molecule has 5 N–H and O–H groups in total. The van der Waals surface area contributed by atoms with E-state index < -0.39 is 6.03 Å². The average Bonchev–Trinajstić information content (AvgIpc) is 3.10. The SMILES string of the molecule is CC1(C)CCCNC1c1ccc(O)c(C(=O)c2ccc(C(=O)N[C@@H]3[CH]CN(C(N)=O)CCC3)cc2)c1.Cl. The van der Waals surface area contributed by atoms with Crippen molar-refractivity contribution in [3.63, 3.8) is 0 Å². The molecule has 1 unspecified atom stereocenters. The molecule has 9 heteroatoms. The van der Waals surface area contributed by atoms with Gasteiger partial charge in [0.2, 0.25) is 0 Å².